The van der Waals surface area contributed by atoms with Gasteiger partial charge in [-0.25, -0.2) is 9.59 Å². The Morgan fingerprint density at radius 3 is 2.19 bits per heavy atom. The maximum atomic E-state index is 13.2. The standard InChI is InChI=1S/C41H47N4O9PS2/c1-29-27-45(39(47)43-38(29)46)37-26-35(54-55(44-21-7-8-22-44)57-25-24-56-40(48)51-23-9-20-42)36(53-37)28-52-41(30-10-5-4-6-11-30,31-12-16-33(49-2)17-13-31)32-14-18-34(50-3)19-15-32/h4-6,10-19,27,35-37H,7-9,21-26,28H2,1-3H3,(H,43,46,47)/t35-,36+,37+,55?/m0/s1. The zero-order valence-electron chi connectivity index (χ0n) is 32.2. The molecule has 4 atom stereocenters. The second-order valence-corrected chi connectivity index (χ2v) is 18.1. The first kappa shape index (κ1) is 42.5. The van der Waals surface area contributed by atoms with E-state index in [9.17, 15) is 14.4 Å². The van der Waals surface area contributed by atoms with Crippen molar-refractivity contribution in [2.45, 2.75) is 56.6 Å². The molecule has 0 bridgehead atoms. The number of thioether (sulfide) groups is 1. The molecule has 2 aliphatic rings. The van der Waals surface area contributed by atoms with Gasteiger partial charge in [-0.05, 0) is 72.5 Å². The maximum absolute atomic E-state index is 13.2. The van der Waals surface area contributed by atoms with Crippen LogP contribution >= 0.6 is 30.6 Å². The number of H-pyrrole nitrogens is 1. The normalized spacial score (nSPS) is 18.9. The van der Waals surface area contributed by atoms with Crippen molar-refractivity contribution in [2.24, 2.45) is 0 Å². The summed E-state index contributed by atoms with van der Waals surface area (Å²) in [6, 6.07) is 27.5. The second-order valence-electron chi connectivity index (χ2n) is 13.4. The number of ether oxygens (including phenoxy) is 5. The van der Waals surface area contributed by atoms with Crippen LogP contribution in [0.25, 0.3) is 0 Å². The highest BCUT2D eigenvalue weighted by molar-refractivity contribution is 8.53. The Hall–Kier alpha value is -4.13. The van der Waals surface area contributed by atoms with Gasteiger partial charge in [-0.2, -0.15) is 5.26 Å². The zero-order chi connectivity index (χ0) is 40.2. The van der Waals surface area contributed by atoms with Crippen molar-refractivity contribution < 1.29 is 33.0 Å². The van der Waals surface area contributed by atoms with Crippen LogP contribution < -0.4 is 20.7 Å². The first-order chi connectivity index (χ1) is 27.7. The first-order valence-corrected chi connectivity index (χ1v) is 22.5. The number of methoxy groups -OCH3 is 2. The van der Waals surface area contributed by atoms with Crippen molar-refractivity contribution >= 4 is 35.9 Å². The van der Waals surface area contributed by atoms with Crippen molar-refractivity contribution in [1.82, 2.24) is 14.2 Å². The summed E-state index contributed by atoms with van der Waals surface area (Å²) < 4.78 is 41.0. The number of nitriles is 1. The van der Waals surface area contributed by atoms with E-state index in [1.165, 1.54) is 10.8 Å². The van der Waals surface area contributed by atoms with E-state index >= 15 is 0 Å². The maximum Gasteiger partial charge on any atom is 0.367 e. The molecule has 3 aromatic carbocycles. The van der Waals surface area contributed by atoms with E-state index in [-0.39, 0.29) is 19.6 Å². The molecular weight excluding hydrogens is 788 g/mol. The summed E-state index contributed by atoms with van der Waals surface area (Å²) in [5, 5.41) is 8.35. The molecule has 3 heterocycles. The molecule has 0 radical (unpaired) electrons. The molecule has 4 aromatic rings. The molecule has 13 nitrogen and oxygen atoms in total. The van der Waals surface area contributed by atoms with E-state index in [0.717, 1.165) is 54.4 Å². The Balaban J connectivity index is 1.33. The van der Waals surface area contributed by atoms with Gasteiger partial charge in [0.1, 0.15) is 36.0 Å². The molecule has 0 amide bonds. The zero-order valence-corrected chi connectivity index (χ0v) is 34.7. The number of carbonyl (C=O) groups excluding carboxylic acids is 1. The molecule has 57 heavy (non-hydrogen) atoms. The number of aromatic nitrogens is 2. The molecule has 302 valence electrons. The van der Waals surface area contributed by atoms with E-state index in [1.54, 1.807) is 32.5 Å². The van der Waals surface area contributed by atoms with Crippen LogP contribution in [0.1, 0.15) is 54.2 Å². The van der Waals surface area contributed by atoms with Gasteiger partial charge >= 0.3 is 11.0 Å². The van der Waals surface area contributed by atoms with Crippen LogP contribution in [0.5, 0.6) is 11.5 Å². The third-order valence-electron chi connectivity index (χ3n) is 9.75. The first-order valence-electron chi connectivity index (χ1n) is 18.7. The van der Waals surface area contributed by atoms with E-state index < -0.39 is 48.1 Å². The predicted octanol–water partition coefficient (Wildman–Crippen LogP) is 7.38. The van der Waals surface area contributed by atoms with Gasteiger partial charge in [-0.1, -0.05) is 66.0 Å². The average Bonchev–Trinajstić information content (AvgIpc) is 3.92. The number of hydrogen-bond donors (Lipinski definition) is 1. The van der Waals surface area contributed by atoms with Crippen LogP contribution in [0, 0.1) is 18.3 Å². The number of carbonyl (C=O) groups is 1. The fourth-order valence-corrected chi connectivity index (χ4v) is 12.0. The third kappa shape index (κ3) is 10.5. The second kappa shape index (κ2) is 20.5. The number of hydrogen-bond acceptors (Lipinski definition) is 13. The summed E-state index contributed by atoms with van der Waals surface area (Å²) in [5.74, 6) is 2.55. The largest absolute Gasteiger partial charge is 0.497 e. The van der Waals surface area contributed by atoms with Crippen molar-refractivity contribution in [2.75, 3.05) is 52.0 Å². The molecule has 2 saturated heterocycles. The molecule has 1 aromatic heterocycles. The number of aromatic amines is 1. The number of rotatable bonds is 18. The molecule has 2 aliphatic heterocycles. The molecule has 1 unspecified atom stereocenters. The van der Waals surface area contributed by atoms with E-state index in [1.807, 2.05) is 84.9 Å². The van der Waals surface area contributed by atoms with Crippen LogP contribution in [0.3, 0.4) is 0 Å². The molecule has 1 N–H and O–H groups in total. The predicted molar refractivity (Wildman–Crippen MR) is 222 cm³/mol. The number of nitrogens with one attached hydrogen (secondary N) is 1. The lowest BCUT2D eigenvalue weighted by Gasteiger charge is -2.37. The average molecular weight is 835 g/mol. The molecule has 2 fully saturated rings. The van der Waals surface area contributed by atoms with Crippen LogP contribution in [-0.2, 0) is 24.3 Å². The molecular formula is C41H47N4O9PS2. The van der Waals surface area contributed by atoms with Crippen molar-refractivity contribution in [3.8, 4) is 17.6 Å². The topological polar surface area (TPSA) is 154 Å². The minimum Gasteiger partial charge on any atom is -0.497 e. The monoisotopic (exact) mass is 834 g/mol. The number of aryl methyl sites for hydroxylation is 1. The van der Waals surface area contributed by atoms with E-state index in [0.29, 0.717) is 35.0 Å². The van der Waals surface area contributed by atoms with Crippen molar-refractivity contribution in [3.05, 3.63) is 128 Å². The van der Waals surface area contributed by atoms with Gasteiger partial charge in [0.15, 0.2) is 7.50 Å². The molecule has 6 rings (SSSR count). The lowest BCUT2D eigenvalue weighted by molar-refractivity contribution is -0.0910. The van der Waals surface area contributed by atoms with E-state index in [4.69, 9.17) is 33.5 Å². The molecule has 0 spiro atoms. The van der Waals surface area contributed by atoms with Crippen LogP contribution in [0.15, 0.2) is 94.6 Å². The van der Waals surface area contributed by atoms with Gasteiger partial charge < -0.3 is 28.2 Å². The SMILES string of the molecule is COc1ccc(C(OC[C@H]2O[C@@H](n3cc(C)c(=O)[nH]c3=O)C[C@@H]2OP(SCCSC(=O)OCCC#N)N2CCCC2)(c2ccccc2)c2ccc(OC)cc2)cc1. The number of nitrogens with zero attached hydrogens (tertiary/aromatic N) is 3. The Kier molecular flexibility index (Phi) is 15.3. The van der Waals surface area contributed by atoms with Crippen LogP contribution in [0.4, 0.5) is 4.79 Å². The van der Waals surface area contributed by atoms with Crippen LogP contribution in [0.2, 0.25) is 0 Å². The summed E-state index contributed by atoms with van der Waals surface area (Å²) in [7, 11) is 2.06. The van der Waals surface area contributed by atoms with Gasteiger partial charge in [0, 0.05) is 42.8 Å². The highest BCUT2D eigenvalue weighted by Gasteiger charge is 2.44. The lowest BCUT2D eigenvalue weighted by Crippen LogP contribution is -2.38. The molecule has 0 saturated carbocycles. The van der Waals surface area contributed by atoms with Gasteiger partial charge in [0.25, 0.3) is 5.56 Å². The van der Waals surface area contributed by atoms with Crippen molar-refractivity contribution in [3.63, 3.8) is 0 Å². The lowest BCUT2D eigenvalue weighted by atomic mass is 9.80. The van der Waals surface area contributed by atoms with Crippen LogP contribution in [-0.4, -0.2) is 83.8 Å². The van der Waals surface area contributed by atoms with Gasteiger partial charge in [0.2, 0.25) is 0 Å². The molecule has 16 heteroatoms. The highest BCUT2D eigenvalue weighted by Crippen LogP contribution is 2.58. The third-order valence-corrected chi connectivity index (χ3v) is 14.9. The van der Waals surface area contributed by atoms with Gasteiger partial charge in [0.05, 0.1) is 39.4 Å². The summed E-state index contributed by atoms with van der Waals surface area (Å²) in [6.07, 6.45) is 2.24. The highest BCUT2D eigenvalue weighted by atomic mass is 32.7. The van der Waals surface area contributed by atoms with Gasteiger partial charge in [-0.3, -0.25) is 19.0 Å². The Bertz CT molecular complexity index is 2030. The smallest absolute Gasteiger partial charge is 0.367 e. The van der Waals surface area contributed by atoms with Crippen molar-refractivity contribution in [1.29, 1.82) is 5.26 Å². The quantitative estimate of drug-likeness (QED) is 0.0459. The Labute approximate surface area is 341 Å². The Morgan fingerprint density at radius 1 is 0.947 bits per heavy atom. The Morgan fingerprint density at radius 2 is 1.58 bits per heavy atom. The fraction of sp³-hybridized carbons (Fsp3) is 0.415. The fourth-order valence-electron chi connectivity index (χ4n) is 6.83. The molecule has 0 aliphatic carbocycles. The van der Waals surface area contributed by atoms with E-state index in [2.05, 4.69) is 9.65 Å². The summed E-state index contributed by atoms with van der Waals surface area (Å²) in [5.41, 5.74) is 0.852. The van der Waals surface area contributed by atoms with Gasteiger partial charge in [-0.15, -0.1) is 0 Å². The number of benzene rings is 3. The summed E-state index contributed by atoms with van der Waals surface area (Å²) >= 11 is 2.74. The summed E-state index contributed by atoms with van der Waals surface area (Å²) in [6.45, 7) is 3.56. The summed E-state index contributed by atoms with van der Waals surface area (Å²) in [4.78, 5) is 40.1. The minimum absolute atomic E-state index is 0.0729. The minimum atomic E-state index is -1.20.